The van der Waals surface area contributed by atoms with Crippen LogP contribution in [0, 0.1) is 0 Å². The minimum absolute atomic E-state index is 0.0411. The Balaban J connectivity index is 1.53. The molecule has 0 aliphatic carbocycles. The Labute approximate surface area is 158 Å². The number of hydrogen-bond donors (Lipinski definition) is 1. The third-order valence-electron chi connectivity index (χ3n) is 4.33. The molecule has 2 N–H and O–H groups in total. The molecule has 6 nitrogen and oxygen atoms in total. The van der Waals surface area contributed by atoms with E-state index in [0.717, 1.165) is 25.2 Å². The van der Waals surface area contributed by atoms with Gasteiger partial charge in [-0.15, -0.1) is 11.3 Å². The van der Waals surface area contributed by atoms with Gasteiger partial charge in [-0.2, -0.15) is 0 Å². The molecule has 1 unspecified atom stereocenters. The number of aromatic nitrogens is 1. The van der Waals surface area contributed by atoms with Crippen molar-refractivity contribution in [2.24, 2.45) is 10.9 Å². The highest BCUT2D eigenvalue weighted by molar-refractivity contribution is 7.09. The summed E-state index contributed by atoms with van der Waals surface area (Å²) in [6.45, 7) is 4.08. The molecule has 0 bridgehead atoms. The summed E-state index contributed by atoms with van der Waals surface area (Å²) in [6.07, 6.45) is 7.15. The van der Waals surface area contributed by atoms with Gasteiger partial charge in [0.15, 0.2) is 5.84 Å². The number of nitrogens with zero attached hydrogens (tertiary/aromatic N) is 3. The van der Waals surface area contributed by atoms with Gasteiger partial charge in [-0.25, -0.2) is 0 Å². The fraction of sp³-hybridized carbons (Fsp3) is 0.474. The lowest BCUT2D eigenvalue weighted by molar-refractivity contribution is -0.0406. The van der Waals surface area contributed by atoms with Crippen molar-refractivity contribution in [3.05, 3.63) is 52.5 Å². The highest BCUT2D eigenvalue weighted by Crippen LogP contribution is 2.14. The Morgan fingerprint density at radius 1 is 1.27 bits per heavy atom. The fourth-order valence-electron chi connectivity index (χ4n) is 2.94. The molecule has 0 spiro atoms. The van der Waals surface area contributed by atoms with Crippen molar-refractivity contribution in [1.29, 1.82) is 0 Å². The minimum Gasteiger partial charge on any atom is -0.391 e. The molecule has 1 atom stereocenters. The Hall–Kier alpha value is -1.96. The average Bonchev–Trinajstić information content (AvgIpc) is 3.21. The van der Waals surface area contributed by atoms with Crippen LogP contribution < -0.4 is 5.73 Å². The van der Waals surface area contributed by atoms with Crippen LogP contribution in [0.15, 0.2) is 47.2 Å². The average molecular weight is 375 g/mol. The summed E-state index contributed by atoms with van der Waals surface area (Å²) < 4.78 is 6.10. The Kier molecular flexibility index (Phi) is 7.42. The molecule has 7 heteroatoms. The van der Waals surface area contributed by atoms with E-state index in [2.05, 4.69) is 26.5 Å². The number of nitrogens with two attached hydrogens (primary N) is 1. The van der Waals surface area contributed by atoms with E-state index in [1.165, 1.54) is 24.1 Å². The van der Waals surface area contributed by atoms with Gasteiger partial charge in [0.1, 0.15) is 12.7 Å². The van der Waals surface area contributed by atoms with Gasteiger partial charge >= 0.3 is 0 Å². The second-order valence-corrected chi connectivity index (χ2v) is 7.42. The van der Waals surface area contributed by atoms with Crippen molar-refractivity contribution >= 4 is 17.2 Å². The first kappa shape index (κ1) is 18.8. The zero-order chi connectivity index (χ0) is 18.0. The molecular weight excluding hydrogens is 348 g/mol. The highest BCUT2D eigenvalue weighted by Gasteiger charge is 2.18. The smallest absolute Gasteiger partial charge is 0.171 e. The lowest BCUT2D eigenvalue weighted by Crippen LogP contribution is -2.39. The number of likely N-dealkylation sites (tertiary alicyclic amines) is 1. The normalized spacial score (nSPS) is 17.2. The van der Waals surface area contributed by atoms with Crippen molar-refractivity contribution in [3.63, 3.8) is 0 Å². The SMILES string of the molecule is NC(=NOCC(CN1CCCCC1)OCc1cccs1)c1cccnc1. The molecule has 0 radical (unpaired) electrons. The van der Waals surface area contributed by atoms with Gasteiger partial charge in [-0.3, -0.25) is 4.98 Å². The summed E-state index contributed by atoms with van der Waals surface area (Å²) in [7, 11) is 0. The van der Waals surface area contributed by atoms with Crippen LogP contribution in [-0.2, 0) is 16.2 Å². The molecule has 0 amide bonds. The van der Waals surface area contributed by atoms with Crippen molar-refractivity contribution in [1.82, 2.24) is 9.88 Å². The van der Waals surface area contributed by atoms with Gasteiger partial charge in [0.2, 0.25) is 0 Å². The first-order valence-electron chi connectivity index (χ1n) is 9.03. The van der Waals surface area contributed by atoms with Crippen LogP contribution in [0.25, 0.3) is 0 Å². The van der Waals surface area contributed by atoms with E-state index < -0.39 is 0 Å². The second-order valence-electron chi connectivity index (χ2n) is 6.39. The molecule has 3 heterocycles. The molecule has 3 rings (SSSR count). The van der Waals surface area contributed by atoms with E-state index in [-0.39, 0.29) is 6.10 Å². The number of rotatable bonds is 9. The van der Waals surface area contributed by atoms with E-state index in [9.17, 15) is 0 Å². The summed E-state index contributed by atoms with van der Waals surface area (Å²) in [5.41, 5.74) is 6.70. The standard InChI is InChI=1S/C19H26N4O2S/c20-19(16-6-4-8-21-12-16)22-25-14-17(13-23-9-2-1-3-10-23)24-15-18-7-5-11-26-18/h4-8,11-12,17H,1-3,9-10,13-15H2,(H2,20,22). The third kappa shape index (κ3) is 6.09. The monoisotopic (exact) mass is 374 g/mol. The second kappa shape index (κ2) is 10.3. The zero-order valence-corrected chi connectivity index (χ0v) is 15.7. The van der Waals surface area contributed by atoms with Crippen LogP contribution in [0.1, 0.15) is 29.7 Å². The number of pyridine rings is 1. The number of oxime groups is 1. The van der Waals surface area contributed by atoms with E-state index in [4.69, 9.17) is 15.3 Å². The Morgan fingerprint density at radius 3 is 2.88 bits per heavy atom. The first-order valence-corrected chi connectivity index (χ1v) is 9.91. The number of piperidine rings is 1. The van der Waals surface area contributed by atoms with Gasteiger partial charge in [0.05, 0.1) is 6.61 Å². The number of thiophene rings is 1. The van der Waals surface area contributed by atoms with Gasteiger partial charge in [-0.1, -0.05) is 17.6 Å². The molecule has 26 heavy (non-hydrogen) atoms. The number of hydrogen-bond acceptors (Lipinski definition) is 6. The summed E-state index contributed by atoms with van der Waals surface area (Å²) in [5, 5.41) is 6.09. The van der Waals surface area contributed by atoms with Crippen LogP contribution >= 0.6 is 11.3 Å². The van der Waals surface area contributed by atoms with E-state index in [1.807, 2.05) is 18.2 Å². The van der Waals surface area contributed by atoms with Crippen LogP contribution in [0.3, 0.4) is 0 Å². The molecule has 2 aromatic rings. The first-order chi connectivity index (χ1) is 12.8. The Bertz CT molecular complexity index is 657. The molecule has 0 aromatic carbocycles. The molecule has 140 valence electrons. The summed E-state index contributed by atoms with van der Waals surface area (Å²) >= 11 is 1.70. The van der Waals surface area contributed by atoms with Crippen LogP contribution in [0.4, 0.5) is 0 Å². The molecule has 1 aliphatic heterocycles. The molecule has 1 fully saturated rings. The fourth-order valence-corrected chi connectivity index (χ4v) is 3.56. The minimum atomic E-state index is -0.0411. The quantitative estimate of drug-likeness (QED) is 0.415. The van der Waals surface area contributed by atoms with Gasteiger partial charge < -0.3 is 20.2 Å². The van der Waals surface area contributed by atoms with Crippen molar-refractivity contribution in [3.8, 4) is 0 Å². The molecular formula is C19H26N4O2S. The molecule has 1 aliphatic rings. The van der Waals surface area contributed by atoms with Crippen LogP contribution in [0.5, 0.6) is 0 Å². The predicted octanol–water partition coefficient (Wildman–Crippen LogP) is 2.85. The molecule has 2 aromatic heterocycles. The largest absolute Gasteiger partial charge is 0.391 e. The van der Waals surface area contributed by atoms with Gasteiger partial charge in [0, 0.05) is 29.4 Å². The zero-order valence-electron chi connectivity index (χ0n) is 14.9. The van der Waals surface area contributed by atoms with E-state index in [0.29, 0.717) is 19.0 Å². The maximum Gasteiger partial charge on any atom is 0.171 e. The van der Waals surface area contributed by atoms with E-state index in [1.54, 1.807) is 23.7 Å². The van der Waals surface area contributed by atoms with Gasteiger partial charge in [-0.05, 0) is 49.5 Å². The third-order valence-corrected chi connectivity index (χ3v) is 5.18. The maximum absolute atomic E-state index is 6.10. The topological polar surface area (TPSA) is 73.0 Å². The van der Waals surface area contributed by atoms with Crippen molar-refractivity contribution < 1.29 is 9.57 Å². The lowest BCUT2D eigenvalue weighted by Gasteiger charge is -2.29. The number of ether oxygens (including phenoxy) is 1. The Morgan fingerprint density at radius 2 is 2.15 bits per heavy atom. The van der Waals surface area contributed by atoms with Crippen molar-refractivity contribution in [2.45, 2.75) is 32.0 Å². The predicted molar refractivity (Wildman–Crippen MR) is 104 cm³/mol. The molecule has 0 saturated carbocycles. The summed E-state index contributed by atoms with van der Waals surface area (Å²) in [6, 6.07) is 7.80. The molecule has 1 saturated heterocycles. The van der Waals surface area contributed by atoms with Crippen LogP contribution in [-0.4, -0.2) is 48.1 Å². The van der Waals surface area contributed by atoms with E-state index >= 15 is 0 Å². The lowest BCUT2D eigenvalue weighted by atomic mass is 10.1. The van der Waals surface area contributed by atoms with Gasteiger partial charge in [0.25, 0.3) is 0 Å². The summed E-state index contributed by atoms with van der Waals surface area (Å²) in [5.74, 6) is 0.327. The van der Waals surface area contributed by atoms with Crippen molar-refractivity contribution in [2.75, 3.05) is 26.2 Å². The summed E-state index contributed by atoms with van der Waals surface area (Å²) in [4.78, 5) is 13.2. The van der Waals surface area contributed by atoms with Crippen LogP contribution in [0.2, 0.25) is 0 Å². The highest BCUT2D eigenvalue weighted by atomic mass is 32.1. The number of amidine groups is 1. The maximum atomic E-state index is 6.10.